The number of anilines is 2. The number of carbonyl (C=O) groups excluding carboxylic acids is 1. The maximum absolute atomic E-state index is 13.0. The number of morpholine rings is 1. The van der Waals surface area contributed by atoms with Crippen LogP contribution in [0.1, 0.15) is 15.9 Å². The largest absolute Gasteiger partial charge is 0.378 e. The van der Waals surface area contributed by atoms with Gasteiger partial charge in [-0.3, -0.25) is 14.9 Å². The number of para-hydroxylation sites is 2. The molecule has 9 heteroatoms. The monoisotopic (exact) mass is 457 g/mol. The molecular weight excluding hydrogens is 434 g/mol. The third-order valence-electron chi connectivity index (χ3n) is 5.93. The van der Waals surface area contributed by atoms with Gasteiger partial charge in [0.15, 0.2) is 0 Å². The number of nitro groups is 1. The Kier molecular flexibility index (Phi) is 5.69. The molecule has 3 aromatic carbocycles. The van der Waals surface area contributed by atoms with Crippen molar-refractivity contribution in [1.82, 2.24) is 9.97 Å². The number of nitrogens with one attached hydrogen (secondary N) is 2. The van der Waals surface area contributed by atoms with E-state index >= 15 is 0 Å². The zero-order chi connectivity index (χ0) is 23.7. The van der Waals surface area contributed by atoms with E-state index < -0.39 is 10.8 Å². The number of imidazole rings is 1. The number of ether oxygens (including phenoxy) is 1. The van der Waals surface area contributed by atoms with Gasteiger partial charge in [0.2, 0.25) is 0 Å². The Morgan fingerprint density at radius 2 is 1.91 bits per heavy atom. The van der Waals surface area contributed by atoms with Crippen molar-refractivity contribution in [2.75, 3.05) is 36.5 Å². The summed E-state index contributed by atoms with van der Waals surface area (Å²) < 4.78 is 5.34. The number of nitro benzene ring substituents is 1. The van der Waals surface area contributed by atoms with Gasteiger partial charge in [0.05, 0.1) is 29.2 Å². The topological polar surface area (TPSA) is 113 Å². The van der Waals surface area contributed by atoms with Gasteiger partial charge in [-0.05, 0) is 42.8 Å². The standard InChI is InChI=1S/C25H23N5O4/c1-16-6-7-17(24-26-19-4-2-3-5-20(19)27-24)14-21(16)28-25(31)18-8-9-22(23(15-18)30(32)33)29-10-12-34-13-11-29/h2-9,14-15H,10-13H2,1H3,(H,26,27)(H,28,31). The molecule has 1 amide bonds. The molecule has 5 rings (SSSR count). The molecule has 9 nitrogen and oxygen atoms in total. The van der Waals surface area contributed by atoms with Crippen LogP contribution < -0.4 is 10.2 Å². The molecule has 0 saturated carbocycles. The average Bonchev–Trinajstić information content (AvgIpc) is 3.30. The lowest BCUT2D eigenvalue weighted by Crippen LogP contribution is -2.36. The van der Waals surface area contributed by atoms with Gasteiger partial charge >= 0.3 is 0 Å². The van der Waals surface area contributed by atoms with Gasteiger partial charge in [0.25, 0.3) is 11.6 Å². The van der Waals surface area contributed by atoms with Crippen LogP contribution in [0.25, 0.3) is 22.4 Å². The summed E-state index contributed by atoms with van der Waals surface area (Å²) >= 11 is 0. The summed E-state index contributed by atoms with van der Waals surface area (Å²) in [5.74, 6) is 0.281. The summed E-state index contributed by atoms with van der Waals surface area (Å²) in [6, 6.07) is 18.0. The molecule has 2 heterocycles. The maximum atomic E-state index is 13.0. The van der Waals surface area contributed by atoms with E-state index in [9.17, 15) is 14.9 Å². The lowest BCUT2D eigenvalue weighted by molar-refractivity contribution is -0.384. The van der Waals surface area contributed by atoms with Crippen LogP contribution in [0.5, 0.6) is 0 Å². The first-order chi connectivity index (χ1) is 16.5. The fourth-order valence-corrected chi connectivity index (χ4v) is 4.07. The van der Waals surface area contributed by atoms with Crippen molar-refractivity contribution in [3.63, 3.8) is 0 Å². The fourth-order valence-electron chi connectivity index (χ4n) is 4.07. The van der Waals surface area contributed by atoms with E-state index in [0.717, 1.165) is 22.2 Å². The number of hydrogen-bond donors (Lipinski definition) is 2. The van der Waals surface area contributed by atoms with E-state index in [1.165, 1.54) is 6.07 Å². The number of fused-ring (bicyclic) bond motifs is 1. The normalized spacial score (nSPS) is 13.7. The van der Waals surface area contributed by atoms with Crippen LogP contribution in [0.4, 0.5) is 17.1 Å². The smallest absolute Gasteiger partial charge is 0.293 e. The van der Waals surface area contributed by atoms with Gasteiger partial charge in [-0.1, -0.05) is 24.3 Å². The molecule has 1 aliphatic heterocycles. The number of aromatic amines is 1. The van der Waals surface area contributed by atoms with Gasteiger partial charge in [0, 0.05) is 36.0 Å². The van der Waals surface area contributed by atoms with Crippen LogP contribution >= 0.6 is 0 Å². The molecule has 0 aliphatic carbocycles. The number of rotatable bonds is 5. The highest BCUT2D eigenvalue weighted by molar-refractivity contribution is 6.05. The van der Waals surface area contributed by atoms with Crippen LogP contribution in [0.2, 0.25) is 0 Å². The molecule has 2 N–H and O–H groups in total. The van der Waals surface area contributed by atoms with Crippen molar-refractivity contribution in [3.05, 3.63) is 81.9 Å². The first kappa shape index (κ1) is 21.6. The predicted molar refractivity (Wildman–Crippen MR) is 130 cm³/mol. The second-order valence-corrected chi connectivity index (χ2v) is 8.15. The third kappa shape index (κ3) is 4.20. The minimum atomic E-state index is -0.449. The molecule has 1 fully saturated rings. The van der Waals surface area contributed by atoms with Crippen molar-refractivity contribution in [2.24, 2.45) is 0 Å². The summed E-state index contributed by atoms with van der Waals surface area (Å²) in [5.41, 5.74) is 4.71. The number of aryl methyl sites for hydroxylation is 1. The van der Waals surface area contributed by atoms with E-state index in [0.29, 0.717) is 43.5 Å². The van der Waals surface area contributed by atoms with Gasteiger partial charge in [-0.15, -0.1) is 0 Å². The highest BCUT2D eigenvalue weighted by atomic mass is 16.6. The van der Waals surface area contributed by atoms with Crippen LogP contribution in [-0.2, 0) is 4.74 Å². The second-order valence-electron chi connectivity index (χ2n) is 8.15. The minimum absolute atomic E-state index is 0.0951. The molecule has 0 atom stereocenters. The van der Waals surface area contributed by atoms with Crippen LogP contribution in [-0.4, -0.2) is 47.1 Å². The molecule has 1 aromatic heterocycles. The lowest BCUT2D eigenvalue weighted by atomic mass is 10.1. The van der Waals surface area contributed by atoms with Crippen LogP contribution in [0.15, 0.2) is 60.7 Å². The first-order valence-electron chi connectivity index (χ1n) is 11.0. The number of hydrogen-bond acceptors (Lipinski definition) is 6. The van der Waals surface area contributed by atoms with Gasteiger partial charge < -0.3 is 19.9 Å². The second kappa shape index (κ2) is 8.95. The highest BCUT2D eigenvalue weighted by Crippen LogP contribution is 2.31. The molecule has 172 valence electrons. The number of H-pyrrole nitrogens is 1. The van der Waals surface area contributed by atoms with Crippen molar-refractivity contribution in [1.29, 1.82) is 0 Å². The predicted octanol–water partition coefficient (Wildman–Crippen LogP) is 4.54. The van der Waals surface area contributed by atoms with Gasteiger partial charge in [-0.2, -0.15) is 0 Å². The third-order valence-corrected chi connectivity index (χ3v) is 5.93. The number of nitrogens with zero attached hydrogens (tertiary/aromatic N) is 3. The van der Waals surface area contributed by atoms with E-state index in [1.54, 1.807) is 12.1 Å². The van der Waals surface area contributed by atoms with E-state index in [4.69, 9.17) is 4.74 Å². The lowest BCUT2D eigenvalue weighted by Gasteiger charge is -2.28. The molecule has 1 saturated heterocycles. The SMILES string of the molecule is Cc1ccc(-c2nc3ccccc3[nH]2)cc1NC(=O)c1ccc(N2CCOCC2)c([N+](=O)[O-])c1. The van der Waals surface area contributed by atoms with Crippen molar-refractivity contribution in [2.45, 2.75) is 6.92 Å². The number of benzene rings is 3. The van der Waals surface area contributed by atoms with Gasteiger partial charge in [0.1, 0.15) is 11.5 Å². The maximum Gasteiger partial charge on any atom is 0.293 e. The zero-order valence-corrected chi connectivity index (χ0v) is 18.6. The highest BCUT2D eigenvalue weighted by Gasteiger charge is 2.23. The quantitative estimate of drug-likeness (QED) is 0.336. The summed E-state index contributed by atoms with van der Waals surface area (Å²) in [7, 11) is 0. The first-order valence-corrected chi connectivity index (χ1v) is 11.0. The van der Waals surface area contributed by atoms with E-state index in [2.05, 4.69) is 15.3 Å². The zero-order valence-electron chi connectivity index (χ0n) is 18.6. The summed E-state index contributed by atoms with van der Waals surface area (Å²) in [6.07, 6.45) is 0. The Labute approximate surface area is 195 Å². The van der Waals surface area contributed by atoms with Crippen molar-refractivity contribution >= 4 is 34.0 Å². The number of aromatic nitrogens is 2. The molecule has 0 spiro atoms. The molecule has 0 bridgehead atoms. The van der Waals surface area contributed by atoms with Crippen molar-refractivity contribution < 1.29 is 14.5 Å². The Morgan fingerprint density at radius 3 is 2.68 bits per heavy atom. The summed E-state index contributed by atoms with van der Waals surface area (Å²) in [6.45, 7) is 4.06. The van der Waals surface area contributed by atoms with E-state index in [-0.39, 0.29) is 11.3 Å². The molecule has 34 heavy (non-hydrogen) atoms. The number of amides is 1. The van der Waals surface area contributed by atoms with Crippen molar-refractivity contribution in [3.8, 4) is 11.4 Å². The Balaban J connectivity index is 1.42. The molecule has 0 radical (unpaired) electrons. The Morgan fingerprint density at radius 1 is 1.12 bits per heavy atom. The molecule has 1 aliphatic rings. The Hall–Kier alpha value is -4.24. The summed E-state index contributed by atoms with van der Waals surface area (Å²) in [5, 5.41) is 14.6. The number of carbonyl (C=O) groups is 1. The molecule has 4 aromatic rings. The summed E-state index contributed by atoms with van der Waals surface area (Å²) in [4.78, 5) is 34.1. The fraction of sp³-hybridized carbons (Fsp3) is 0.200. The minimum Gasteiger partial charge on any atom is -0.378 e. The van der Waals surface area contributed by atoms with Gasteiger partial charge in [-0.25, -0.2) is 4.98 Å². The molecular formula is C25H23N5O4. The average molecular weight is 457 g/mol. The van der Waals surface area contributed by atoms with Crippen LogP contribution in [0, 0.1) is 17.0 Å². The van der Waals surface area contributed by atoms with Crippen LogP contribution in [0.3, 0.4) is 0 Å². The molecule has 0 unspecified atom stereocenters. The Bertz CT molecular complexity index is 1360. The van der Waals surface area contributed by atoms with E-state index in [1.807, 2.05) is 54.3 Å².